The van der Waals surface area contributed by atoms with Crippen molar-refractivity contribution >= 4 is 21.4 Å². The van der Waals surface area contributed by atoms with Crippen molar-refractivity contribution in [2.24, 2.45) is 0 Å². The van der Waals surface area contributed by atoms with E-state index in [1.165, 1.54) is 44.9 Å². The first-order valence-electron chi connectivity index (χ1n) is 7.37. The summed E-state index contributed by atoms with van der Waals surface area (Å²) >= 11 is 0. The van der Waals surface area contributed by atoms with Crippen LogP contribution in [-0.2, 0) is 10.0 Å². The Labute approximate surface area is 122 Å². The molecule has 0 heterocycles. The van der Waals surface area contributed by atoms with Gasteiger partial charge >= 0.3 is 0 Å². The van der Waals surface area contributed by atoms with Crippen LogP contribution in [0.1, 0.15) is 44.9 Å². The van der Waals surface area contributed by atoms with Crippen LogP contribution in [-0.4, -0.2) is 20.7 Å². The van der Waals surface area contributed by atoms with Gasteiger partial charge in [-0.3, -0.25) is 4.72 Å². The van der Waals surface area contributed by atoms with Crippen LogP contribution in [0.15, 0.2) is 24.3 Å². The molecule has 5 heteroatoms. The van der Waals surface area contributed by atoms with Crippen molar-refractivity contribution in [3.63, 3.8) is 0 Å². The van der Waals surface area contributed by atoms with E-state index in [1.807, 2.05) is 12.1 Å². The zero-order valence-corrected chi connectivity index (χ0v) is 12.9. The molecule has 1 fully saturated rings. The number of anilines is 2. The van der Waals surface area contributed by atoms with Crippen LogP contribution >= 0.6 is 0 Å². The molecule has 0 spiro atoms. The Morgan fingerprint density at radius 1 is 0.900 bits per heavy atom. The van der Waals surface area contributed by atoms with Crippen LogP contribution in [0.2, 0.25) is 0 Å². The fourth-order valence-corrected chi connectivity index (χ4v) is 3.25. The van der Waals surface area contributed by atoms with Crippen molar-refractivity contribution in [3.05, 3.63) is 24.3 Å². The molecular formula is C15H24N2O2S. The first-order chi connectivity index (χ1) is 9.53. The lowest BCUT2D eigenvalue weighted by Crippen LogP contribution is -2.20. The van der Waals surface area contributed by atoms with Crippen LogP contribution in [0.3, 0.4) is 0 Å². The Kier molecular flexibility index (Phi) is 5.29. The Bertz CT molecular complexity index is 503. The third-order valence-electron chi connectivity index (χ3n) is 3.66. The highest BCUT2D eigenvalue weighted by molar-refractivity contribution is 7.92. The maximum Gasteiger partial charge on any atom is 0.229 e. The summed E-state index contributed by atoms with van der Waals surface area (Å²) in [5.74, 6) is 0. The molecule has 1 aliphatic carbocycles. The van der Waals surface area contributed by atoms with Crippen molar-refractivity contribution in [3.8, 4) is 0 Å². The van der Waals surface area contributed by atoms with E-state index >= 15 is 0 Å². The molecule has 0 bridgehead atoms. The van der Waals surface area contributed by atoms with Crippen molar-refractivity contribution in [2.75, 3.05) is 16.3 Å². The van der Waals surface area contributed by atoms with Crippen LogP contribution in [0.4, 0.5) is 11.4 Å². The van der Waals surface area contributed by atoms with Crippen molar-refractivity contribution in [1.29, 1.82) is 0 Å². The first-order valence-corrected chi connectivity index (χ1v) is 9.26. The number of nitrogens with one attached hydrogen (secondary N) is 2. The molecule has 0 radical (unpaired) electrons. The minimum Gasteiger partial charge on any atom is -0.382 e. The van der Waals surface area contributed by atoms with Gasteiger partial charge < -0.3 is 5.32 Å². The molecule has 20 heavy (non-hydrogen) atoms. The van der Waals surface area contributed by atoms with Gasteiger partial charge in [-0.1, -0.05) is 32.1 Å². The number of rotatable bonds is 4. The largest absolute Gasteiger partial charge is 0.382 e. The van der Waals surface area contributed by atoms with Crippen LogP contribution in [0, 0.1) is 0 Å². The zero-order valence-electron chi connectivity index (χ0n) is 12.1. The van der Waals surface area contributed by atoms with E-state index in [0.29, 0.717) is 11.7 Å². The van der Waals surface area contributed by atoms with Gasteiger partial charge in [0.1, 0.15) is 0 Å². The molecule has 0 unspecified atom stereocenters. The van der Waals surface area contributed by atoms with Crippen molar-refractivity contribution < 1.29 is 8.42 Å². The number of hydrogen-bond acceptors (Lipinski definition) is 3. The predicted octanol–water partition coefficient (Wildman–Crippen LogP) is 3.58. The molecule has 0 aromatic heterocycles. The fraction of sp³-hybridized carbons (Fsp3) is 0.600. The smallest absolute Gasteiger partial charge is 0.229 e. The SMILES string of the molecule is CS(=O)(=O)Nc1ccc(NC2CCCCCCC2)cc1. The highest BCUT2D eigenvalue weighted by Gasteiger charge is 2.11. The quantitative estimate of drug-likeness (QED) is 0.893. The minimum atomic E-state index is -3.20. The fourth-order valence-electron chi connectivity index (χ4n) is 2.68. The molecule has 1 aromatic carbocycles. The summed E-state index contributed by atoms with van der Waals surface area (Å²) in [5.41, 5.74) is 1.67. The second kappa shape index (κ2) is 6.97. The van der Waals surface area contributed by atoms with Gasteiger partial charge in [0.25, 0.3) is 0 Å². The normalized spacial score (nSPS) is 18.1. The molecular weight excluding hydrogens is 272 g/mol. The van der Waals surface area contributed by atoms with Gasteiger partial charge in [-0.05, 0) is 37.1 Å². The van der Waals surface area contributed by atoms with Gasteiger partial charge in [0.15, 0.2) is 0 Å². The van der Waals surface area contributed by atoms with Crippen molar-refractivity contribution in [1.82, 2.24) is 0 Å². The van der Waals surface area contributed by atoms with Gasteiger partial charge in [0.2, 0.25) is 10.0 Å². The van der Waals surface area contributed by atoms with Gasteiger partial charge in [-0.15, -0.1) is 0 Å². The second-order valence-electron chi connectivity index (χ2n) is 5.64. The highest BCUT2D eigenvalue weighted by Crippen LogP contribution is 2.22. The molecule has 4 nitrogen and oxygen atoms in total. The Balaban J connectivity index is 1.92. The number of hydrogen-bond donors (Lipinski definition) is 2. The lowest BCUT2D eigenvalue weighted by Gasteiger charge is -2.22. The minimum absolute atomic E-state index is 0.545. The van der Waals surface area contributed by atoms with Crippen LogP contribution in [0.5, 0.6) is 0 Å². The predicted molar refractivity (Wildman–Crippen MR) is 84.6 cm³/mol. The zero-order chi connectivity index (χ0) is 14.4. The van der Waals surface area contributed by atoms with E-state index in [1.54, 1.807) is 12.1 Å². The van der Waals surface area contributed by atoms with E-state index in [9.17, 15) is 8.42 Å². The van der Waals surface area contributed by atoms with Crippen molar-refractivity contribution in [2.45, 2.75) is 51.0 Å². The molecule has 2 N–H and O–H groups in total. The molecule has 1 aromatic rings. The lowest BCUT2D eigenvalue weighted by molar-refractivity contribution is 0.471. The van der Waals surface area contributed by atoms with E-state index in [0.717, 1.165) is 11.9 Å². The Morgan fingerprint density at radius 3 is 1.95 bits per heavy atom. The van der Waals surface area contributed by atoms with E-state index in [2.05, 4.69) is 10.0 Å². The number of benzene rings is 1. The standard InChI is InChI=1S/C15H24N2O2S/c1-20(18,19)17-15-11-9-14(10-12-15)16-13-7-5-3-2-4-6-8-13/h9-13,16-17H,2-8H2,1H3. The maximum absolute atomic E-state index is 11.1. The summed E-state index contributed by atoms with van der Waals surface area (Å²) in [5, 5.41) is 3.56. The molecule has 112 valence electrons. The lowest BCUT2D eigenvalue weighted by atomic mass is 9.96. The second-order valence-corrected chi connectivity index (χ2v) is 7.39. The Morgan fingerprint density at radius 2 is 1.40 bits per heavy atom. The molecule has 0 saturated heterocycles. The summed E-state index contributed by atoms with van der Waals surface area (Å²) in [6.07, 6.45) is 10.3. The highest BCUT2D eigenvalue weighted by atomic mass is 32.2. The molecule has 1 aliphatic rings. The maximum atomic E-state index is 11.1. The van der Waals surface area contributed by atoms with Gasteiger partial charge in [0.05, 0.1) is 6.26 Å². The van der Waals surface area contributed by atoms with E-state index < -0.39 is 10.0 Å². The molecule has 1 saturated carbocycles. The third kappa shape index (κ3) is 5.41. The Hall–Kier alpha value is -1.23. The summed E-state index contributed by atoms with van der Waals surface area (Å²) < 4.78 is 24.8. The topological polar surface area (TPSA) is 58.2 Å². The van der Waals surface area contributed by atoms with Gasteiger partial charge in [0, 0.05) is 17.4 Å². The average Bonchev–Trinajstić information content (AvgIpc) is 2.33. The van der Waals surface area contributed by atoms with Crippen LogP contribution < -0.4 is 10.0 Å². The van der Waals surface area contributed by atoms with Crippen LogP contribution in [0.25, 0.3) is 0 Å². The molecule has 0 amide bonds. The average molecular weight is 296 g/mol. The van der Waals surface area contributed by atoms with Gasteiger partial charge in [-0.2, -0.15) is 0 Å². The summed E-state index contributed by atoms with van der Waals surface area (Å²) in [7, 11) is -3.20. The monoisotopic (exact) mass is 296 g/mol. The molecule has 0 atom stereocenters. The number of sulfonamides is 1. The van der Waals surface area contributed by atoms with E-state index in [4.69, 9.17) is 0 Å². The third-order valence-corrected chi connectivity index (χ3v) is 4.27. The molecule has 2 rings (SSSR count). The van der Waals surface area contributed by atoms with E-state index in [-0.39, 0.29) is 0 Å². The first kappa shape index (κ1) is 15.2. The summed E-state index contributed by atoms with van der Waals surface area (Å²) in [6, 6.07) is 8.01. The summed E-state index contributed by atoms with van der Waals surface area (Å²) in [4.78, 5) is 0. The summed E-state index contributed by atoms with van der Waals surface area (Å²) in [6.45, 7) is 0. The molecule has 0 aliphatic heterocycles. The van der Waals surface area contributed by atoms with Gasteiger partial charge in [-0.25, -0.2) is 8.42 Å².